The van der Waals surface area contributed by atoms with Crippen LogP contribution in [0.25, 0.3) is 6.08 Å². The van der Waals surface area contributed by atoms with E-state index >= 15 is 0 Å². The van der Waals surface area contributed by atoms with E-state index in [0.29, 0.717) is 12.0 Å². The van der Waals surface area contributed by atoms with E-state index in [9.17, 15) is 9.18 Å². The topological polar surface area (TPSA) is 57.5 Å². The van der Waals surface area contributed by atoms with Gasteiger partial charge in [-0.3, -0.25) is 0 Å². The zero-order valence-corrected chi connectivity index (χ0v) is 7.98. The summed E-state index contributed by atoms with van der Waals surface area (Å²) in [7, 11) is 0. The Morgan fingerprint density at radius 2 is 2.20 bits per heavy atom. The molecule has 80 valence electrons. The molecule has 0 saturated carbocycles. The predicted molar refractivity (Wildman–Crippen MR) is 54.1 cm³/mol. The van der Waals surface area contributed by atoms with Gasteiger partial charge >= 0.3 is 5.97 Å². The van der Waals surface area contributed by atoms with E-state index in [-0.39, 0.29) is 12.2 Å². The summed E-state index contributed by atoms with van der Waals surface area (Å²) in [5.41, 5.74) is -0.0392. The van der Waals surface area contributed by atoms with Crippen LogP contribution in [0, 0.1) is 5.82 Å². The Labute approximate surface area is 86.5 Å². The number of halogens is 1. The van der Waals surface area contributed by atoms with Crippen molar-refractivity contribution in [2.45, 2.75) is 6.42 Å². The summed E-state index contributed by atoms with van der Waals surface area (Å²) in [4.78, 5) is 10.8. The van der Waals surface area contributed by atoms with Gasteiger partial charge in [0.2, 0.25) is 0 Å². The summed E-state index contributed by atoms with van der Waals surface area (Å²) in [5.74, 6) is -2.05. The maximum Gasteiger partial charge on any atom is 0.339 e. The van der Waals surface area contributed by atoms with Crippen molar-refractivity contribution in [1.29, 1.82) is 0 Å². The number of aliphatic hydroxyl groups excluding tert-OH is 1. The Balaban J connectivity index is 3.06. The molecular weight excluding hydrogens is 199 g/mol. The number of carboxylic acids is 1. The summed E-state index contributed by atoms with van der Waals surface area (Å²) < 4.78 is 13.1. The summed E-state index contributed by atoms with van der Waals surface area (Å²) in [6.45, 7) is -0.0196. The fourth-order valence-electron chi connectivity index (χ4n) is 1.19. The fraction of sp³-hybridized carbons (Fsp3) is 0.182. The SMILES string of the molecule is O=C(O)c1c(F)cccc1C=CCCO. The molecule has 0 unspecified atom stereocenters. The minimum Gasteiger partial charge on any atom is -0.478 e. The molecule has 0 radical (unpaired) electrons. The quantitative estimate of drug-likeness (QED) is 0.798. The van der Waals surface area contributed by atoms with E-state index in [4.69, 9.17) is 10.2 Å². The number of carboxylic acid groups (broad SMARTS) is 1. The molecule has 1 aromatic rings. The average Bonchev–Trinajstić information content (AvgIpc) is 2.17. The van der Waals surface area contributed by atoms with Crippen LogP contribution in [0.3, 0.4) is 0 Å². The van der Waals surface area contributed by atoms with Gasteiger partial charge in [-0.1, -0.05) is 24.3 Å². The molecule has 0 aromatic heterocycles. The molecule has 0 aliphatic rings. The molecular formula is C11H11FO3. The monoisotopic (exact) mass is 210 g/mol. The lowest BCUT2D eigenvalue weighted by Crippen LogP contribution is -2.03. The van der Waals surface area contributed by atoms with Crippen molar-refractivity contribution < 1.29 is 19.4 Å². The van der Waals surface area contributed by atoms with Gasteiger partial charge in [0.05, 0.1) is 0 Å². The number of hydrogen-bond donors (Lipinski definition) is 2. The van der Waals surface area contributed by atoms with Gasteiger partial charge in [0.15, 0.2) is 0 Å². The highest BCUT2D eigenvalue weighted by molar-refractivity contribution is 5.92. The summed E-state index contributed by atoms with van der Waals surface area (Å²) >= 11 is 0. The lowest BCUT2D eigenvalue weighted by atomic mass is 10.1. The number of aliphatic hydroxyl groups is 1. The zero-order chi connectivity index (χ0) is 11.3. The van der Waals surface area contributed by atoms with Crippen molar-refractivity contribution in [3.63, 3.8) is 0 Å². The number of carbonyl (C=O) groups is 1. The number of aromatic carboxylic acids is 1. The molecule has 15 heavy (non-hydrogen) atoms. The van der Waals surface area contributed by atoms with E-state index in [0.717, 1.165) is 6.07 Å². The van der Waals surface area contributed by atoms with Crippen molar-refractivity contribution in [3.05, 3.63) is 41.2 Å². The maximum atomic E-state index is 13.1. The lowest BCUT2D eigenvalue weighted by Gasteiger charge is -2.01. The molecule has 0 bridgehead atoms. The Bertz CT molecular complexity index is 385. The Kier molecular flexibility index (Phi) is 4.00. The fourth-order valence-corrected chi connectivity index (χ4v) is 1.19. The van der Waals surface area contributed by atoms with E-state index < -0.39 is 11.8 Å². The van der Waals surface area contributed by atoms with Crippen LogP contribution in [-0.4, -0.2) is 22.8 Å². The third-order valence-electron chi connectivity index (χ3n) is 1.85. The van der Waals surface area contributed by atoms with Crippen LogP contribution in [-0.2, 0) is 0 Å². The highest BCUT2D eigenvalue weighted by Gasteiger charge is 2.13. The highest BCUT2D eigenvalue weighted by Crippen LogP contribution is 2.15. The normalized spacial score (nSPS) is 10.8. The number of hydrogen-bond acceptors (Lipinski definition) is 2. The van der Waals surface area contributed by atoms with Gasteiger partial charge in [0, 0.05) is 6.61 Å². The van der Waals surface area contributed by atoms with Crippen LogP contribution in [0.5, 0.6) is 0 Å². The number of rotatable bonds is 4. The molecule has 2 N–H and O–H groups in total. The van der Waals surface area contributed by atoms with Gasteiger partial charge in [0.25, 0.3) is 0 Å². The van der Waals surface area contributed by atoms with Gasteiger partial charge in [-0.15, -0.1) is 0 Å². The van der Waals surface area contributed by atoms with Crippen molar-refractivity contribution >= 4 is 12.0 Å². The second kappa shape index (κ2) is 5.26. The van der Waals surface area contributed by atoms with Crippen LogP contribution >= 0.6 is 0 Å². The first-order chi connectivity index (χ1) is 7.16. The summed E-state index contributed by atoms with van der Waals surface area (Å²) in [6.07, 6.45) is 3.50. The molecule has 0 aliphatic carbocycles. The van der Waals surface area contributed by atoms with Crippen molar-refractivity contribution in [2.75, 3.05) is 6.61 Å². The highest BCUT2D eigenvalue weighted by atomic mass is 19.1. The smallest absolute Gasteiger partial charge is 0.339 e. The molecule has 0 amide bonds. The Hall–Kier alpha value is -1.68. The van der Waals surface area contributed by atoms with Gasteiger partial charge in [-0.05, 0) is 18.1 Å². The van der Waals surface area contributed by atoms with E-state index in [1.54, 1.807) is 6.08 Å². The molecule has 0 atom stereocenters. The van der Waals surface area contributed by atoms with E-state index in [1.807, 2.05) is 0 Å². The standard InChI is InChI=1S/C11H11FO3/c12-9-6-3-5-8(4-1-2-7-13)10(9)11(14)15/h1,3-6,13H,2,7H2,(H,14,15). The maximum absolute atomic E-state index is 13.1. The minimum atomic E-state index is -1.29. The van der Waals surface area contributed by atoms with Crippen molar-refractivity contribution in [3.8, 4) is 0 Å². The summed E-state index contributed by atoms with van der Waals surface area (Å²) in [6, 6.07) is 4.06. The van der Waals surface area contributed by atoms with E-state index in [2.05, 4.69) is 0 Å². The second-order valence-corrected chi connectivity index (χ2v) is 2.92. The molecule has 3 nitrogen and oxygen atoms in total. The molecule has 1 aromatic carbocycles. The number of benzene rings is 1. The molecule has 0 aliphatic heterocycles. The first-order valence-corrected chi connectivity index (χ1v) is 4.46. The average molecular weight is 210 g/mol. The van der Waals surface area contributed by atoms with Crippen LogP contribution < -0.4 is 0 Å². The molecule has 0 spiro atoms. The third kappa shape index (κ3) is 2.89. The lowest BCUT2D eigenvalue weighted by molar-refractivity contribution is 0.0691. The molecule has 4 heteroatoms. The first kappa shape index (κ1) is 11.4. The van der Waals surface area contributed by atoms with Crippen molar-refractivity contribution in [2.24, 2.45) is 0 Å². The van der Waals surface area contributed by atoms with Gasteiger partial charge in [-0.25, -0.2) is 9.18 Å². The molecule has 0 fully saturated rings. The third-order valence-corrected chi connectivity index (χ3v) is 1.85. The Morgan fingerprint density at radius 3 is 2.80 bits per heavy atom. The molecule has 0 heterocycles. The zero-order valence-electron chi connectivity index (χ0n) is 7.98. The van der Waals surface area contributed by atoms with Gasteiger partial charge < -0.3 is 10.2 Å². The molecule has 1 rings (SSSR count). The first-order valence-electron chi connectivity index (χ1n) is 4.46. The molecule has 0 saturated heterocycles. The largest absolute Gasteiger partial charge is 0.478 e. The predicted octanol–water partition coefficient (Wildman–Crippen LogP) is 1.92. The van der Waals surface area contributed by atoms with Crippen LogP contribution in [0.4, 0.5) is 4.39 Å². The van der Waals surface area contributed by atoms with Crippen molar-refractivity contribution in [1.82, 2.24) is 0 Å². The van der Waals surface area contributed by atoms with Crippen LogP contribution in [0.2, 0.25) is 0 Å². The minimum absolute atomic E-state index is 0.0196. The van der Waals surface area contributed by atoms with Crippen LogP contribution in [0.15, 0.2) is 24.3 Å². The van der Waals surface area contributed by atoms with E-state index in [1.165, 1.54) is 18.2 Å². The Morgan fingerprint density at radius 1 is 1.47 bits per heavy atom. The summed E-state index contributed by atoms with van der Waals surface area (Å²) in [5, 5.41) is 17.3. The second-order valence-electron chi connectivity index (χ2n) is 2.92. The van der Waals surface area contributed by atoms with Gasteiger partial charge in [0.1, 0.15) is 11.4 Å². The van der Waals surface area contributed by atoms with Gasteiger partial charge in [-0.2, -0.15) is 0 Å². The van der Waals surface area contributed by atoms with Crippen LogP contribution in [0.1, 0.15) is 22.3 Å².